The molecule has 0 aliphatic rings. The van der Waals surface area contributed by atoms with Gasteiger partial charge in [-0.25, -0.2) is 9.18 Å². The van der Waals surface area contributed by atoms with Crippen LogP contribution in [-0.2, 0) is 4.79 Å². The summed E-state index contributed by atoms with van der Waals surface area (Å²) in [6.07, 6.45) is 1.13. The fraction of sp³-hybridized carbons (Fsp3) is 0. The molecule has 0 amide bonds. The third kappa shape index (κ3) is 2.87. The molecule has 0 fully saturated rings. The van der Waals surface area contributed by atoms with Crippen molar-refractivity contribution < 1.29 is 18.7 Å². The van der Waals surface area contributed by atoms with Crippen LogP contribution in [0.5, 0.6) is 0 Å². The van der Waals surface area contributed by atoms with Crippen molar-refractivity contribution in [1.29, 1.82) is 5.26 Å². The molecular formula is C14H8FNO3. The maximum Gasteiger partial charge on any atom is 0.346 e. The molecule has 0 atom stereocenters. The minimum absolute atomic E-state index is 0.248. The molecule has 0 aliphatic heterocycles. The SMILES string of the molecule is N#C/C(=C\c1ccc(-c2ccc(F)cc2)o1)C(=O)O. The molecule has 0 spiro atoms. The topological polar surface area (TPSA) is 74.2 Å². The van der Waals surface area contributed by atoms with Crippen LogP contribution < -0.4 is 0 Å². The molecule has 2 aromatic rings. The number of benzene rings is 1. The van der Waals surface area contributed by atoms with Crippen molar-refractivity contribution in [3.05, 3.63) is 53.5 Å². The second kappa shape index (κ2) is 5.19. The average molecular weight is 257 g/mol. The second-order valence-electron chi connectivity index (χ2n) is 3.68. The Balaban J connectivity index is 2.32. The molecule has 94 valence electrons. The lowest BCUT2D eigenvalue weighted by atomic mass is 10.2. The van der Waals surface area contributed by atoms with Crippen molar-refractivity contribution in [3.8, 4) is 17.4 Å². The van der Waals surface area contributed by atoms with E-state index in [9.17, 15) is 9.18 Å². The molecule has 2 rings (SSSR count). The quantitative estimate of drug-likeness (QED) is 0.677. The average Bonchev–Trinajstić information content (AvgIpc) is 2.85. The Hall–Kier alpha value is -2.87. The van der Waals surface area contributed by atoms with Crippen LogP contribution in [0.2, 0.25) is 0 Å². The molecule has 5 heteroatoms. The van der Waals surface area contributed by atoms with Gasteiger partial charge < -0.3 is 9.52 Å². The van der Waals surface area contributed by atoms with E-state index in [0.717, 1.165) is 6.08 Å². The smallest absolute Gasteiger partial charge is 0.346 e. The van der Waals surface area contributed by atoms with E-state index in [-0.39, 0.29) is 11.6 Å². The van der Waals surface area contributed by atoms with Gasteiger partial charge in [0.2, 0.25) is 0 Å². The first-order valence-electron chi connectivity index (χ1n) is 5.31. The zero-order valence-electron chi connectivity index (χ0n) is 9.63. The molecule has 0 saturated carbocycles. The highest BCUT2D eigenvalue weighted by Gasteiger charge is 2.09. The number of hydrogen-bond acceptors (Lipinski definition) is 3. The summed E-state index contributed by atoms with van der Waals surface area (Å²) in [5.74, 6) is -0.956. The molecule has 1 aromatic carbocycles. The maximum atomic E-state index is 12.8. The highest BCUT2D eigenvalue weighted by atomic mass is 19.1. The molecule has 0 radical (unpaired) electrons. The Labute approximate surface area is 108 Å². The van der Waals surface area contributed by atoms with Crippen molar-refractivity contribution in [2.45, 2.75) is 0 Å². The molecule has 19 heavy (non-hydrogen) atoms. The van der Waals surface area contributed by atoms with Crippen LogP contribution in [0.4, 0.5) is 4.39 Å². The van der Waals surface area contributed by atoms with Gasteiger partial charge in [-0.05, 0) is 36.4 Å². The Morgan fingerprint density at radius 1 is 1.26 bits per heavy atom. The van der Waals surface area contributed by atoms with Gasteiger partial charge in [-0.2, -0.15) is 5.26 Å². The lowest BCUT2D eigenvalue weighted by Gasteiger charge is -1.96. The Morgan fingerprint density at radius 3 is 2.53 bits per heavy atom. The summed E-state index contributed by atoms with van der Waals surface area (Å²) >= 11 is 0. The fourth-order valence-corrected chi connectivity index (χ4v) is 1.48. The number of furan rings is 1. The number of carboxylic acids is 1. The molecule has 0 bridgehead atoms. The number of nitrogens with zero attached hydrogens (tertiary/aromatic N) is 1. The number of aliphatic carboxylic acids is 1. The van der Waals surface area contributed by atoms with Crippen molar-refractivity contribution in [1.82, 2.24) is 0 Å². The van der Waals surface area contributed by atoms with E-state index in [1.54, 1.807) is 30.3 Å². The van der Waals surface area contributed by atoms with Crippen molar-refractivity contribution in [3.63, 3.8) is 0 Å². The minimum Gasteiger partial charge on any atom is -0.477 e. The summed E-state index contributed by atoms with van der Waals surface area (Å²) in [5.41, 5.74) is 0.245. The normalized spacial score (nSPS) is 11.1. The zero-order chi connectivity index (χ0) is 13.8. The van der Waals surface area contributed by atoms with Crippen LogP contribution in [0.15, 0.2) is 46.4 Å². The Morgan fingerprint density at radius 2 is 1.95 bits per heavy atom. The van der Waals surface area contributed by atoms with Gasteiger partial charge in [-0.1, -0.05) is 0 Å². The van der Waals surface area contributed by atoms with E-state index in [1.165, 1.54) is 12.1 Å². The van der Waals surface area contributed by atoms with E-state index in [4.69, 9.17) is 14.8 Å². The summed E-state index contributed by atoms with van der Waals surface area (Å²) in [7, 11) is 0. The predicted molar refractivity (Wildman–Crippen MR) is 65.3 cm³/mol. The van der Waals surface area contributed by atoms with Crippen molar-refractivity contribution in [2.24, 2.45) is 0 Å². The van der Waals surface area contributed by atoms with E-state index in [2.05, 4.69) is 0 Å². The number of hydrogen-bond donors (Lipinski definition) is 1. The molecule has 1 aromatic heterocycles. The van der Waals surface area contributed by atoms with Crippen LogP contribution in [-0.4, -0.2) is 11.1 Å². The van der Waals surface area contributed by atoms with Crippen molar-refractivity contribution >= 4 is 12.0 Å². The van der Waals surface area contributed by atoms with Gasteiger partial charge in [0, 0.05) is 11.6 Å². The van der Waals surface area contributed by atoms with E-state index in [1.807, 2.05) is 0 Å². The first kappa shape index (κ1) is 12.6. The number of carbonyl (C=O) groups is 1. The van der Waals surface area contributed by atoms with Gasteiger partial charge >= 0.3 is 5.97 Å². The summed E-state index contributed by atoms with van der Waals surface area (Å²) in [5, 5.41) is 17.3. The van der Waals surface area contributed by atoms with Gasteiger partial charge in [0.05, 0.1) is 0 Å². The number of carboxylic acid groups (broad SMARTS) is 1. The van der Waals surface area contributed by atoms with Crippen LogP contribution in [0.3, 0.4) is 0 Å². The predicted octanol–water partition coefficient (Wildman–Crippen LogP) is 3.08. The standard InChI is InChI=1S/C14H8FNO3/c15-11-3-1-9(2-4-11)13-6-5-12(19-13)7-10(8-16)14(17)18/h1-7H,(H,17,18)/b10-7+. The highest BCUT2D eigenvalue weighted by molar-refractivity contribution is 5.96. The summed E-state index contributed by atoms with van der Waals surface area (Å²) in [6, 6.07) is 10.4. The molecule has 1 N–H and O–H groups in total. The third-order valence-electron chi connectivity index (χ3n) is 2.39. The number of halogens is 1. The van der Waals surface area contributed by atoms with Gasteiger partial charge in [0.1, 0.15) is 29.0 Å². The number of rotatable bonds is 3. The van der Waals surface area contributed by atoms with Gasteiger partial charge in [-0.3, -0.25) is 0 Å². The molecule has 1 heterocycles. The summed E-state index contributed by atoms with van der Waals surface area (Å²) < 4.78 is 18.2. The largest absolute Gasteiger partial charge is 0.477 e. The zero-order valence-corrected chi connectivity index (χ0v) is 9.63. The molecule has 0 aliphatic carbocycles. The van der Waals surface area contributed by atoms with E-state index in [0.29, 0.717) is 11.3 Å². The van der Waals surface area contributed by atoms with Gasteiger partial charge in [-0.15, -0.1) is 0 Å². The second-order valence-corrected chi connectivity index (χ2v) is 3.68. The van der Waals surface area contributed by atoms with Crippen LogP contribution in [0.25, 0.3) is 17.4 Å². The van der Waals surface area contributed by atoms with E-state index >= 15 is 0 Å². The summed E-state index contributed by atoms with van der Waals surface area (Å²) in [4.78, 5) is 10.7. The van der Waals surface area contributed by atoms with Gasteiger partial charge in [0.25, 0.3) is 0 Å². The number of nitriles is 1. The van der Waals surface area contributed by atoms with E-state index < -0.39 is 11.5 Å². The molecule has 0 unspecified atom stereocenters. The van der Waals surface area contributed by atoms with Crippen LogP contribution in [0, 0.1) is 17.1 Å². The molecular weight excluding hydrogens is 249 g/mol. The lowest BCUT2D eigenvalue weighted by Crippen LogP contribution is -1.96. The van der Waals surface area contributed by atoms with Crippen molar-refractivity contribution in [2.75, 3.05) is 0 Å². The Bertz CT molecular complexity index is 677. The molecule has 0 saturated heterocycles. The first-order chi connectivity index (χ1) is 9.10. The highest BCUT2D eigenvalue weighted by Crippen LogP contribution is 2.23. The minimum atomic E-state index is -1.32. The van der Waals surface area contributed by atoms with Gasteiger partial charge in [0.15, 0.2) is 0 Å². The van der Waals surface area contributed by atoms with Crippen LogP contribution in [0.1, 0.15) is 5.76 Å². The molecule has 4 nitrogen and oxygen atoms in total. The fourth-order valence-electron chi connectivity index (χ4n) is 1.48. The maximum absolute atomic E-state index is 12.8. The first-order valence-corrected chi connectivity index (χ1v) is 5.31. The lowest BCUT2D eigenvalue weighted by molar-refractivity contribution is -0.132. The third-order valence-corrected chi connectivity index (χ3v) is 2.39. The van der Waals surface area contributed by atoms with Crippen LogP contribution >= 0.6 is 0 Å². The summed E-state index contributed by atoms with van der Waals surface area (Å²) in [6.45, 7) is 0. The monoisotopic (exact) mass is 257 g/mol. The Kier molecular flexibility index (Phi) is 3.44.